The lowest BCUT2D eigenvalue weighted by molar-refractivity contribution is 0.628. The highest BCUT2D eigenvalue weighted by atomic mass is 19.1. The maximum atomic E-state index is 12.8. The second-order valence-electron chi connectivity index (χ2n) is 5.99. The van der Waals surface area contributed by atoms with E-state index in [2.05, 4.69) is 23.8 Å². The van der Waals surface area contributed by atoms with Crippen LogP contribution in [0.4, 0.5) is 8.78 Å². The van der Waals surface area contributed by atoms with Gasteiger partial charge in [-0.15, -0.1) is 0 Å². The van der Waals surface area contributed by atoms with Gasteiger partial charge in [0, 0.05) is 11.9 Å². The van der Waals surface area contributed by atoms with Crippen LogP contribution >= 0.6 is 0 Å². The molecule has 0 radical (unpaired) electrons. The minimum atomic E-state index is -0.241. The van der Waals surface area contributed by atoms with E-state index in [1.165, 1.54) is 30.0 Å². The summed E-state index contributed by atoms with van der Waals surface area (Å²) in [5, 5.41) is 0. The minimum absolute atomic E-state index is 0.140. The normalized spacial score (nSPS) is 10.2. The molecule has 24 heavy (non-hydrogen) atoms. The van der Waals surface area contributed by atoms with Gasteiger partial charge in [0.15, 0.2) is 0 Å². The number of nitrogens with zero attached hydrogens (tertiary/aromatic N) is 1. The number of aromatic amines is 1. The van der Waals surface area contributed by atoms with Crippen LogP contribution in [0, 0.1) is 11.6 Å². The molecule has 0 unspecified atom stereocenters. The van der Waals surface area contributed by atoms with Gasteiger partial charge in [-0.05, 0) is 30.2 Å². The van der Waals surface area contributed by atoms with E-state index >= 15 is 0 Å². The van der Waals surface area contributed by atoms with Crippen molar-refractivity contribution in [1.82, 2.24) is 9.97 Å². The molecule has 3 aromatic rings. The van der Waals surface area contributed by atoms with Gasteiger partial charge in [0.05, 0.1) is 6.33 Å². The molecule has 0 amide bonds. The quantitative estimate of drug-likeness (QED) is 0.730. The molecule has 0 atom stereocenters. The molecule has 0 saturated carbocycles. The first-order valence-corrected chi connectivity index (χ1v) is 7.96. The third kappa shape index (κ3) is 5.05. The van der Waals surface area contributed by atoms with E-state index in [1.807, 2.05) is 13.0 Å². The predicted molar refractivity (Wildman–Crippen MR) is 96.4 cm³/mol. The molecule has 2 aromatic carbocycles. The lowest BCUT2D eigenvalue weighted by Crippen LogP contribution is -2.39. The predicted octanol–water partition coefficient (Wildman–Crippen LogP) is 3.74. The lowest BCUT2D eigenvalue weighted by Gasteiger charge is -2.08. The number of halogens is 2. The maximum absolute atomic E-state index is 12.8. The van der Waals surface area contributed by atoms with E-state index in [0.717, 1.165) is 10.9 Å². The average molecular weight is 326 g/mol. The van der Waals surface area contributed by atoms with E-state index in [4.69, 9.17) is 0 Å². The first-order valence-electron chi connectivity index (χ1n) is 7.96. The van der Waals surface area contributed by atoms with E-state index in [1.54, 1.807) is 30.6 Å². The van der Waals surface area contributed by atoms with Crippen molar-refractivity contribution < 1.29 is 8.78 Å². The highest BCUT2D eigenvalue weighted by Crippen LogP contribution is 2.07. The molecule has 1 N–H and O–H groups in total. The van der Waals surface area contributed by atoms with Crippen molar-refractivity contribution >= 4 is 17.6 Å². The Morgan fingerprint density at radius 1 is 0.875 bits per heavy atom. The second kappa shape index (κ2) is 8.43. The number of imidazole rings is 1. The van der Waals surface area contributed by atoms with E-state index < -0.39 is 0 Å². The van der Waals surface area contributed by atoms with Crippen LogP contribution in [0.15, 0.2) is 61.1 Å². The van der Waals surface area contributed by atoms with Crippen LogP contribution < -0.4 is 10.9 Å². The Hall–Kier alpha value is -2.43. The number of benzene rings is 2. The second-order valence-corrected chi connectivity index (χ2v) is 5.99. The van der Waals surface area contributed by atoms with Crippen LogP contribution in [0.3, 0.4) is 0 Å². The first-order chi connectivity index (χ1) is 11.5. The molecule has 0 bridgehead atoms. The topological polar surface area (TPSA) is 28.7 Å². The van der Waals surface area contributed by atoms with Crippen molar-refractivity contribution in [3.8, 4) is 0 Å². The summed E-state index contributed by atoms with van der Waals surface area (Å²) < 4.78 is 25.5. The maximum Gasteiger partial charge on any atom is 0.206 e. The standard InChI is InChI=1S/C13H11BF2.C6H10N2/c1-14(10-2-6-12(15)7-3-10)11-4-8-13(16)9-5-11;1-5(2)6-3-7-4-8-6/h2-9H,1H3;3-5H,1-2H3,(H,7,8). The lowest BCUT2D eigenvalue weighted by atomic mass is 9.43. The number of aromatic nitrogens is 2. The number of nitrogens with one attached hydrogen (secondary N) is 1. The summed E-state index contributed by atoms with van der Waals surface area (Å²) in [6.45, 7) is 6.42. The Balaban J connectivity index is 0.000000219. The van der Waals surface area contributed by atoms with Gasteiger partial charge in [-0.25, -0.2) is 13.8 Å². The van der Waals surface area contributed by atoms with Gasteiger partial charge in [-0.2, -0.15) is 0 Å². The summed E-state index contributed by atoms with van der Waals surface area (Å²) in [7, 11) is 0. The number of rotatable bonds is 3. The van der Waals surface area contributed by atoms with Crippen molar-refractivity contribution in [1.29, 1.82) is 0 Å². The van der Waals surface area contributed by atoms with Crippen LogP contribution in [-0.4, -0.2) is 16.7 Å². The molecule has 1 heterocycles. The Morgan fingerprint density at radius 2 is 1.33 bits per heavy atom. The van der Waals surface area contributed by atoms with Crippen molar-refractivity contribution in [2.24, 2.45) is 0 Å². The molecule has 5 heteroatoms. The van der Waals surface area contributed by atoms with Gasteiger partial charge in [0.2, 0.25) is 6.71 Å². The molecular weight excluding hydrogens is 305 g/mol. The average Bonchev–Trinajstić information content (AvgIpc) is 3.11. The van der Waals surface area contributed by atoms with Crippen LogP contribution in [-0.2, 0) is 0 Å². The molecule has 0 aliphatic heterocycles. The largest absolute Gasteiger partial charge is 0.348 e. The molecule has 0 aliphatic carbocycles. The fraction of sp³-hybridized carbons (Fsp3) is 0.211. The van der Waals surface area contributed by atoms with Crippen LogP contribution in [0.5, 0.6) is 0 Å². The third-order valence-corrected chi connectivity index (χ3v) is 3.88. The van der Waals surface area contributed by atoms with Gasteiger partial charge in [0.25, 0.3) is 0 Å². The third-order valence-electron chi connectivity index (χ3n) is 3.88. The van der Waals surface area contributed by atoms with Gasteiger partial charge < -0.3 is 4.98 Å². The summed E-state index contributed by atoms with van der Waals surface area (Å²) in [5.41, 5.74) is 3.24. The fourth-order valence-corrected chi connectivity index (χ4v) is 2.28. The SMILES string of the molecule is CB(c1ccc(F)cc1)c1ccc(F)cc1.CC(C)c1cnc[nH]1. The van der Waals surface area contributed by atoms with E-state index in [0.29, 0.717) is 5.92 Å². The van der Waals surface area contributed by atoms with E-state index in [-0.39, 0.29) is 18.3 Å². The van der Waals surface area contributed by atoms with Crippen molar-refractivity contribution in [3.63, 3.8) is 0 Å². The minimum Gasteiger partial charge on any atom is -0.348 e. The fourth-order valence-electron chi connectivity index (χ4n) is 2.28. The zero-order valence-corrected chi connectivity index (χ0v) is 14.1. The highest BCUT2D eigenvalue weighted by molar-refractivity contribution is 6.84. The van der Waals surface area contributed by atoms with Crippen LogP contribution in [0.1, 0.15) is 25.5 Å². The van der Waals surface area contributed by atoms with Gasteiger partial charge in [0.1, 0.15) is 11.6 Å². The van der Waals surface area contributed by atoms with Crippen molar-refractivity contribution in [2.45, 2.75) is 26.6 Å². The molecule has 124 valence electrons. The Kier molecular flexibility index (Phi) is 6.30. The van der Waals surface area contributed by atoms with Crippen molar-refractivity contribution in [3.05, 3.63) is 78.4 Å². The zero-order valence-electron chi connectivity index (χ0n) is 14.1. The molecule has 0 fully saturated rings. The van der Waals surface area contributed by atoms with Gasteiger partial charge in [-0.1, -0.05) is 55.9 Å². The van der Waals surface area contributed by atoms with Gasteiger partial charge in [-0.3, -0.25) is 0 Å². The molecule has 0 spiro atoms. The van der Waals surface area contributed by atoms with E-state index in [9.17, 15) is 8.78 Å². The number of hydrogen-bond donors (Lipinski definition) is 1. The Labute approximate surface area is 142 Å². The molecule has 2 nitrogen and oxygen atoms in total. The summed E-state index contributed by atoms with van der Waals surface area (Å²) in [6, 6.07) is 12.8. The first kappa shape index (κ1) is 17.9. The number of hydrogen-bond acceptors (Lipinski definition) is 1. The highest BCUT2D eigenvalue weighted by Gasteiger charge is 2.12. The molecule has 0 saturated heterocycles. The summed E-state index contributed by atoms with van der Waals surface area (Å²) >= 11 is 0. The molecule has 0 aliphatic rings. The molecule has 3 rings (SSSR count). The Morgan fingerprint density at radius 3 is 1.62 bits per heavy atom. The number of H-pyrrole nitrogens is 1. The monoisotopic (exact) mass is 326 g/mol. The van der Waals surface area contributed by atoms with Gasteiger partial charge >= 0.3 is 0 Å². The Bertz CT molecular complexity index is 678. The van der Waals surface area contributed by atoms with Crippen molar-refractivity contribution in [2.75, 3.05) is 0 Å². The smallest absolute Gasteiger partial charge is 0.206 e. The molecular formula is C19H21BF2N2. The van der Waals surface area contributed by atoms with Crippen LogP contribution in [0.2, 0.25) is 6.82 Å². The van der Waals surface area contributed by atoms with Crippen LogP contribution in [0.25, 0.3) is 0 Å². The summed E-state index contributed by atoms with van der Waals surface area (Å²) in [5.74, 6) is 0.0858. The summed E-state index contributed by atoms with van der Waals surface area (Å²) in [6.07, 6.45) is 3.56. The molecule has 1 aromatic heterocycles. The zero-order chi connectivity index (χ0) is 17.5. The summed E-state index contributed by atoms with van der Waals surface area (Å²) in [4.78, 5) is 6.91.